The van der Waals surface area contributed by atoms with Gasteiger partial charge in [-0.15, -0.1) is 0 Å². The molecule has 3 N–H and O–H groups in total. The van der Waals surface area contributed by atoms with Gasteiger partial charge < -0.3 is 10.4 Å². The molecule has 0 bridgehead atoms. The van der Waals surface area contributed by atoms with Gasteiger partial charge in [-0.25, -0.2) is 4.79 Å². The van der Waals surface area contributed by atoms with Crippen molar-refractivity contribution >= 4 is 29.2 Å². The van der Waals surface area contributed by atoms with E-state index >= 15 is 0 Å². The van der Waals surface area contributed by atoms with E-state index in [1.165, 1.54) is 13.0 Å². The Morgan fingerprint density at radius 3 is 2.30 bits per heavy atom. The van der Waals surface area contributed by atoms with Gasteiger partial charge in [0, 0.05) is 23.5 Å². The molecule has 2 amide bonds. The number of pyridine rings is 1. The Labute approximate surface area is 186 Å². The number of rotatable bonds is 6. The van der Waals surface area contributed by atoms with E-state index in [0.717, 1.165) is 17.2 Å². The third-order valence-electron chi connectivity index (χ3n) is 4.69. The van der Waals surface area contributed by atoms with Crippen LogP contribution in [0.2, 0.25) is 0 Å². The van der Waals surface area contributed by atoms with Crippen molar-refractivity contribution in [3.05, 3.63) is 77.6 Å². The van der Waals surface area contributed by atoms with Crippen molar-refractivity contribution < 1.29 is 32.7 Å². The van der Waals surface area contributed by atoms with Crippen molar-refractivity contribution in [3.63, 3.8) is 0 Å². The number of nitrogens with zero attached hydrogens (tertiary/aromatic N) is 1. The number of aromatic nitrogens is 1. The van der Waals surface area contributed by atoms with Crippen LogP contribution in [0.1, 0.15) is 27.9 Å². The minimum absolute atomic E-state index is 0.190. The third kappa shape index (κ3) is 5.94. The number of nitrogens with one attached hydrogen (secondary N) is 2. The largest absolute Gasteiger partial charge is 0.465 e. The quantitative estimate of drug-likeness (QED) is 0.340. The number of carboxylic acid groups (broad SMARTS) is 1. The summed E-state index contributed by atoms with van der Waals surface area (Å²) in [6, 6.07) is 11.7. The molecule has 0 saturated carbocycles. The molecule has 0 aliphatic heterocycles. The summed E-state index contributed by atoms with van der Waals surface area (Å²) in [5.74, 6) is -1.33. The molecule has 0 fully saturated rings. The van der Waals surface area contributed by atoms with Crippen LogP contribution in [0.3, 0.4) is 0 Å². The van der Waals surface area contributed by atoms with Gasteiger partial charge in [-0.05, 0) is 42.3 Å². The lowest BCUT2D eigenvalue weighted by molar-refractivity contribution is -0.138. The third-order valence-corrected chi connectivity index (χ3v) is 4.69. The number of Topliss-reactive ketones (excluding diaryl/α,β-unsaturated/α-hetero) is 1. The van der Waals surface area contributed by atoms with E-state index in [4.69, 9.17) is 5.11 Å². The molecule has 170 valence electrons. The van der Waals surface area contributed by atoms with Crippen LogP contribution < -0.4 is 10.6 Å². The van der Waals surface area contributed by atoms with Crippen LogP contribution in [0.4, 0.5) is 29.3 Å². The minimum atomic E-state index is -4.71. The first-order chi connectivity index (χ1) is 15.5. The van der Waals surface area contributed by atoms with E-state index in [0.29, 0.717) is 6.07 Å². The molecule has 1 heterocycles. The Kier molecular flexibility index (Phi) is 6.76. The molecule has 0 unspecified atom stereocenters. The highest BCUT2D eigenvalue weighted by Crippen LogP contribution is 2.37. The summed E-state index contributed by atoms with van der Waals surface area (Å²) in [5.41, 5.74) is -0.151. The van der Waals surface area contributed by atoms with Gasteiger partial charge in [0.1, 0.15) is 0 Å². The average molecular weight is 457 g/mol. The zero-order chi connectivity index (χ0) is 24.2. The van der Waals surface area contributed by atoms with Gasteiger partial charge in [0.2, 0.25) is 5.91 Å². The fraction of sp³-hybridized carbons (Fsp3) is 0.130. The van der Waals surface area contributed by atoms with E-state index in [1.54, 1.807) is 36.7 Å². The van der Waals surface area contributed by atoms with Gasteiger partial charge in [-0.2, -0.15) is 13.2 Å². The summed E-state index contributed by atoms with van der Waals surface area (Å²) in [4.78, 5) is 40.1. The molecule has 7 nitrogen and oxygen atoms in total. The van der Waals surface area contributed by atoms with E-state index in [9.17, 15) is 27.6 Å². The van der Waals surface area contributed by atoms with Crippen molar-refractivity contribution in [2.24, 2.45) is 0 Å². The molecule has 0 radical (unpaired) electrons. The first-order valence-electron chi connectivity index (χ1n) is 9.60. The summed E-state index contributed by atoms with van der Waals surface area (Å²) in [6.45, 7) is 1.18. The maximum absolute atomic E-state index is 13.2. The van der Waals surface area contributed by atoms with Gasteiger partial charge in [-0.3, -0.25) is 19.9 Å². The molecule has 0 aliphatic carbocycles. The van der Waals surface area contributed by atoms with E-state index < -0.39 is 41.6 Å². The number of ketones is 1. The van der Waals surface area contributed by atoms with Crippen molar-refractivity contribution in [2.45, 2.75) is 19.5 Å². The number of carbonyl (C=O) groups is 3. The van der Waals surface area contributed by atoms with E-state index in [2.05, 4.69) is 10.3 Å². The second kappa shape index (κ2) is 9.51. The fourth-order valence-corrected chi connectivity index (χ4v) is 3.18. The zero-order valence-corrected chi connectivity index (χ0v) is 17.2. The van der Waals surface area contributed by atoms with Gasteiger partial charge in [0.25, 0.3) is 0 Å². The zero-order valence-electron chi connectivity index (χ0n) is 17.2. The number of anilines is 2. The number of amides is 2. The van der Waals surface area contributed by atoms with Crippen LogP contribution in [0.25, 0.3) is 11.1 Å². The number of alkyl halides is 3. The fourth-order valence-electron chi connectivity index (χ4n) is 3.18. The summed E-state index contributed by atoms with van der Waals surface area (Å²) in [6.07, 6.45) is -3.68. The molecule has 3 rings (SSSR count). The van der Waals surface area contributed by atoms with Crippen LogP contribution in [-0.4, -0.2) is 27.9 Å². The minimum Gasteiger partial charge on any atom is -0.465 e. The first-order valence-corrected chi connectivity index (χ1v) is 9.60. The number of benzene rings is 2. The summed E-state index contributed by atoms with van der Waals surface area (Å²) in [7, 11) is 0. The molecular weight excluding hydrogens is 439 g/mol. The highest BCUT2D eigenvalue weighted by molar-refractivity contribution is 6.12. The predicted octanol–water partition coefficient (Wildman–Crippen LogP) is 5.38. The van der Waals surface area contributed by atoms with Crippen molar-refractivity contribution in [1.82, 2.24) is 4.98 Å². The van der Waals surface area contributed by atoms with Crippen LogP contribution in [-0.2, 0) is 11.0 Å². The lowest BCUT2D eigenvalue weighted by atomic mass is 10.0. The monoisotopic (exact) mass is 457 g/mol. The molecule has 0 atom stereocenters. The average Bonchev–Trinajstić information content (AvgIpc) is 2.75. The topological polar surface area (TPSA) is 108 Å². The van der Waals surface area contributed by atoms with Gasteiger partial charge in [0.15, 0.2) is 5.78 Å². The standard InChI is InChI=1S/C23H18F3N3O4/c1-13-8-18(19(29-22(32)33)10-17(13)23(24,25)26)28-21(31)11-20(30)15-5-2-4-14(9-15)16-6-3-7-27-12-16/h2-10,12,29H,11H2,1H3,(H,28,31)(H,32,33). The van der Waals surface area contributed by atoms with Crippen molar-refractivity contribution in [3.8, 4) is 11.1 Å². The van der Waals surface area contributed by atoms with Crippen LogP contribution in [0.15, 0.2) is 60.9 Å². The number of carbonyl (C=O) groups excluding carboxylic acids is 2. The number of hydrogen-bond donors (Lipinski definition) is 3. The summed E-state index contributed by atoms with van der Waals surface area (Å²) >= 11 is 0. The van der Waals surface area contributed by atoms with E-state index in [1.807, 2.05) is 11.4 Å². The molecule has 0 aliphatic rings. The molecule has 2 aromatic carbocycles. The lowest BCUT2D eigenvalue weighted by Gasteiger charge is -2.16. The van der Waals surface area contributed by atoms with Gasteiger partial charge in [0.05, 0.1) is 23.4 Å². The Morgan fingerprint density at radius 1 is 0.970 bits per heavy atom. The lowest BCUT2D eigenvalue weighted by Crippen LogP contribution is -2.19. The van der Waals surface area contributed by atoms with Gasteiger partial charge >= 0.3 is 12.3 Å². The summed E-state index contributed by atoms with van der Waals surface area (Å²) < 4.78 is 39.5. The molecular formula is C23H18F3N3O4. The predicted molar refractivity (Wildman–Crippen MR) is 115 cm³/mol. The van der Waals surface area contributed by atoms with Gasteiger partial charge in [-0.1, -0.05) is 24.3 Å². The van der Waals surface area contributed by atoms with Crippen molar-refractivity contribution in [2.75, 3.05) is 10.6 Å². The van der Waals surface area contributed by atoms with Crippen LogP contribution >= 0.6 is 0 Å². The molecule has 0 saturated heterocycles. The Balaban J connectivity index is 1.80. The Morgan fingerprint density at radius 2 is 1.67 bits per heavy atom. The molecule has 33 heavy (non-hydrogen) atoms. The molecule has 10 heteroatoms. The smallest absolute Gasteiger partial charge is 0.416 e. The maximum atomic E-state index is 13.2. The second-order valence-corrected chi connectivity index (χ2v) is 7.11. The van der Waals surface area contributed by atoms with E-state index in [-0.39, 0.29) is 16.8 Å². The summed E-state index contributed by atoms with van der Waals surface area (Å²) in [5, 5.41) is 13.1. The SMILES string of the molecule is Cc1cc(NC(=O)CC(=O)c2cccc(-c3cccnc3)c2)c(NC(=O)O)cc1C(F)(F)F. The number of halogens is 3. The highest BCUT2D eigenvalue weighted by Gasteiger charge is 2.33. The van der Waals surface area contributed by atoms with Crippen molar-refractivity contribution in [1.29, 1.82) is 0 Å². The van der Waals surface area contributed by atoms with Crippen LogP contribution in [0.5, 0.6) is 0 Å². The normalized spacial score (nSPS) is 11.0. The Hall–Kier alpha value is -4.21. The van der Waals surface area contributed by atoms with Crippen LogP contribution in [0, 0.1) is 6.92 Å². The molecule has 3 aromatic rings. The number of aryl methyl sites for hydroxylation is 1. The first kappa shape index (κ1) is 23.5. The maximum Gasteiger partial charge on any atom is 0.416 e. The highest BCUT2D eigenvalue weighted by atomic mass is 19.4. The Bertz CT molecular complexity index is 1210. The second-order valence-electron chi connectivity index (χ2n) is 7.11. The molecule has 0 spiro atoms. The molecule has 1 aromatic heterocycles. The number of hydrogen-bond acceptors (Lipinski definition) is 4.